The normalized spacial score (nSPS) is 17.2. The van der Waals surface area contributed by atoms with Gasteiger partial charge < -0.3 is 5.32 Å². The lowest BCUT2D eigenvalue weighted by Crippen LogP contribution is -2.32. The summed E-state index contributed by atoms with van der Waals surface area (Å²) in [5, 5.41) is 4.82. The fourth-order valence-electron chi connectivity index (χ4n) is 1.77. The maximum absolute atomic E-state index is 11.7. The van der Waals surface area contributed by atoms with Crippen molar-refractivity contribution in [3.63, 3.8) is 0 Å². The largest absolute Gasteiger partial charge is 0.349 e. The molecule has 0 aromatic carbocycles. The minimum Gasteiger partial charge on any atom is -0.349 e. The van der Waals surface area contributed by atoms with E-state index in [0.717, 1.165) is 12.8 Å². The van der Waals surface area contributed by atoms with E-state index in [0.29, 0.717) is 15.9 Å². The number of nitrogens with one attached hydrogen (secondary N) is 1. The van der Waals surface area contributed by atoms with Crippen LogP contribution in [0.1, 0.15) is 36.0 Å². The zero-order valence-electron chi connectivity index (χ0n) is 7.75. The number of rotatable bonds is 2. The first-order valence-electron chi connectivity index (χ1n) is 4.80. The van der Waals surface area contributed by atoms with E-state index in [1.807, 2.05) is 0 Å². The number of thiophene rings is 1. The van der Waals surface area contributed by atoms with Crippen LogP contribution < -0.4 is 5.32 Å². The van der Waals surface area contributed by atoms with Crippen LogP contribution in [0, 0.1) is 0 Å². The van der Waals surface area contributed by atoms with E-state index in [-0.39, 0.29) is 5.91 Å². The third-order valence-electron chi connectivity index (χ3n) is 2.52. The first-order valence-corrected chi connectivity index (χ1v) is 6.06. The molecule has 76 valence electrons. The minimum atomic E-state index is 0.0139. The molecule has 0 saturated heterocycles. The van der Waals surface area contributed by atoms with Crippen molar-refractivity contribution in [3.8, 4) is 0 Å². The molecule has 0 unspecified atom stereocenters. The van der Waals surface area contributed by atoms with Gasteiger partial charge in [-0.15, -0.1) is 11.3 Å². The summed E-state index contributed by atoms with van der Waals surface area (Å²) in [6, 6.07) is 2.09. The monoisotopic (exact) mass is 229 g/mol. The lowest BCUT2D eigenvalue weighted by atomic mass is 10.2. The highest BCUT2D eigenvalue weighted by Crippen LogP contribution is 2.21. The van der Waals surface area contributed by atoms with Crippen molar-refractivity contribution < 1.29 is 4.79 Å². The van der Waals surface area contributed by atoms with Gasteiger partial charge in [-0.1, -0.05) is 24.4 Å². The van der Waals surface area contributed by atoms with Crippen LogP contribution in [0.2, 0.25) is 4.34 Å². The molecule has 2 rings (SSSR count). The lowest BCUT2D eigenvalue weighted by Gasteiger charge is -2.10. The van der Waals surface area contributed by atoms with Crippen LogP contribution >= 0.6 is 22.9 Å². The molecule has 0 bridgehead atoms. The molecule has 0 spiro atoms. The summed E-state index contributed by atoms with van der Waals surface area (Å²) in [4.78, 5) is 11.7. The molecule has 1 heterocycles. The van der Waals surface area contributed by atoms with Crippen LogP contribution in [0.5, 0.6) is 0 Å². The summed E-state index contributed by atoms with van der Waals surface area (Å²) in [5.74, 6) is 0.0139. The van der Waals surface area contributed by atoms with Gasteiger partial charge in [0.1, 0.15) is 0 Å². The quantitative estimate of drug-likeness (QED) is 0.830. The van der Waals surface area contributed by atoms with Crippen molar-refractivity contribution in [2.75, 3.05) is 0 Å². The van der Waals surface area contributed by atoms with Crippen molar-refractivity contribution >= 4 is 28.8 Å². The van der Waals surface area contributed by atoms with Gasteiger partial charge in [-0.2, -0.15) is 0 Å². The lowest BCUT2D eigenvalue weighted by molar-refractivity contribution is 0.0938. The molecule has 14 heavy (non-hydrogen) atoms. The van der Waals surface area contributed by atoms with E-state index in [9.17, 15) is 4.79 Å². The predicted octanol–water partition coefficient (Wildman–Crippen LogP) is 3.07. The van der Waals surface area contributed by atoms with E-state index in [1.165, 1.54) is 24.2 Å². The van der Waals surface area contributed by atoms with Gasteiger partial charge in [-0.3, -0.25) is 4.79 Å². The molecule has 1 N–H and O–H groups in total. The third kappa shape index (κ3) is 2.28. The van der Waals surface area contributed by atoms with Gasteiger partial charge in [0.25, 0.3) is 5.91 Å². The van der Waals surface area contributed by atoms with Crippen molar-refractivity contribution in [1.82, 2.24) is 5.32 Å². The first-order chi connectivity index (χ1) is 6.75. The molecule has 0 radical (unpaired) electrons. The minimum absolute atomic E-state index is 0.0139. The Bertz CT molecular complexity index is 331. The van der Waals surface area contributed by atoms with Gasteiger partial charge in [-0.25, -0.2) is 0 Å². The maximum Gasteiger partial charge on any atom is 0.252 e. The summed E-state index contributed by atoms with van der Waals surface area (Å²) in [7, 11) is 0. The van der Waals surface area contributed by atoms with E-state index >= 15 is 0 Å². The molecule has 0 atom stereocenters. The van der Waals surface area contributed by atoms with Crippen LogP contribution in [0.15, 0.2) is 11.4 Å². The number of hydrogen-bond acceptors (Lipinski definition) is 2. The van der Waals surface area contributed by atoms with Crippen LogP contribution in [-0.2, 0) is 0 Å². The molecule has 2 nitrogen and oxygen atoms in total. The summed E-state index contributed by atoms with van der Waals surface area (Å²) in [5.41, 5.74) is 0.687. The van der Waals surface area contributed by atoms with Crippen molar-refractivity contribution in [1.29, 1.82) is 0 Å². The number of halogens is 1. The van der Waals surface area contributed by atoms with Crippen molar-refractivity contribution in [3.05, 3.63) is 21.3 Å². The van der Waals surface area contributed by atoms with E-state index < -0.39 is 0 Å². The van der Waals surface area contributed by atoms with Crippen molar-refractivity contribution in [2.45, 2.75) is 31.7 Å². The predicted molar refractivity (Wildman–Crippen MR) is 59.1 cm³/mol. The number of carbonyl (C=O) groups excluding carboxylic acids is 1. The average molecular weight is 230 g/mol. The van der Waals surface area contributed by atoms with Gasteiger partial charge in [0.2, 0.25) is 0 Å². The number of hydrogen-bond donors (Lipinski definition) is 1. The van der Waals surface area contributed by atoms with Crippen LogP contribution in [0.25, 0.3) is 0 Å². The maximum atomic E-state index is 11.7. The first kappa shape index (κ1) is 9.99. The molecule has 1 saturated carbocycles. The summed E-state index contributed by atoms with van der Waals surface area (Å²) >= 11 is 7.15. The fraction of sp³-hybridized carbons (Fsp3) is 0.500. The molecule has 0 aliphatic heterocycles. The Morgan fingerprint density at radius 1 is 1.50 bits per heavy atom. The molecule has 1 amide bonds. The highest BCUT2D eigenvalue weighted by molar-refractivity contribution is 7.14. The Hall–Kier alpha value is -0.540. The number of carbonyl (C=O) groups is 1. The second-order valence-electron chi connectivity index (χ2n) is 3.59. The standard InChI is InChI=1S/C10H12ClNOS/c11-9-5-7(6-14-9)10(13)12-8-3-1-2-4-8/h5-6,8H,1-4H2,(H,12,13). The van der Waals surface area contributed by atoms with E-state index in [4.69, 9.17) is 11.6 Å². The van der Waals surface area contributed by atoms with E-state index in [1.54, 1.807) is 11.4 Å². The smallest absolute Gasteiger partial charge is 0.252 e. The van der Waals surface area contributed by atoms with Crippen LogP contribution in [0.3, 0.4) is 0 Å². The topological polar surface area (TPSA) is 29.1 Å². The Labute approximate surface area is 92.3 Å². The second kappa shape index (κ2) is 4.32. The Balaban J connectivity index is 1.95. The van der Waals surface area contributed by atoms with Gasteiger partial charge in [-0.05, 0) is 18.9 Å². The highest BCUT2D eigenvalue weighted by Gasteiger charge is 2.18. The van der Waals surface area contributed by atoms with Gasteiger partial charge in [0.15, 0.2) is 0 Å². The zero-order chi connectivity index (χ0) is 9.97. The third-order valence-corrected chi connectivity index (χ3v) is 3.61. The van der Waals surface area contributed by atoms with E-state index in [2.05, 4.69) is 5.32 Å². The summed E-state index contributed by atoms with van der Waals surface area (Å²) in [6.45, 7) is 0. The Morgan fingerprint density at radius 3 is 2.79 bits per heavy atom. The molecular weight excluding hydrogens is 218 g/mol. The van der Waals surface area contributed by atoms with Gasteiger partial charge in [0.05, 0.1) is 9.90 Å². The molecule has 1 aromatic rings. The molecule has 1 aliphatic carbocycles. The Kier molecular flexibility index (Phi) is 3.08. The highest BCUT2D eigenvalue weighted by atomic mass is 35.5. The molecule has 4 heteroatoms. The van der Waals surface area contributed by atoms with Gasteiger partial charge >= 0.3 is 0 Å². The SMILES string of the molecule is O=C(NC1CCCC1)c1csc(Cl)c1. The van der Waals surface area contributed by atoms with Crippen molar-refractivity contribution in [2.24, 2.45) is 0 Å². The molecule has 1 aliphatic rings. The Morgan fingerprint density at radius 2 is 2.21 bits per heavy atom. The second-order valence-corrected chi connectivity index (χ2v) is 5.14. The summed E-state index contributed by atoms with van der Waals surface area (Å²) < 4.78 is 0.668. The molecule has 1 aromatic heterocycles. The molecular formula is C10H12ClNOS. The average Bonchev–Trinajstić information content (AvgIpc) is 2.75. The zero-order valence-corrected chi connectivity index (χ0v) is 9.33. The van der Waals surface area contributed by atoms with Crippen LogP contribution in [0.4, 0.5) is 0 Å². The van der Waals surface area contributed by atoms with Gasteiger partial charge in [0, 0.05) is 11.4 Å². The number of amides is 1. The summed E-state index contributed by atoms with van der Waals surface area (Å²) in [6.07, 6.45) is 4.69. The molecule has 1 fully saturated rings. The fourth-order valence-corrected chi connectivity index (χ4v) is 2.63. The van der Waals surface area contributed by atoms with Crippen LogP contribution in [-0.4, -0.2) is 11.9 Å².